The molecule has 0 atom stereocenters. The summed E-state index contributed by atoms with van der Waals surface area (Å²) in [5.74, 6) is 7.37. The Morgan fingerprint density at radius 3 is 1.18 bits per heavy atom. The van der Waals surface area contributed by atoms with Gasteiger partial charge in [-0.15, -0.1) is 0 Å². The molecule has 0 aliphatic carbocycles. The predicted octanol–water partition coefficient (Wildman–Crippen LogP) is 13.4. The zero-order chi connectivity index (χ0) is 34.6. The van der Waals surface area contributed by atoms with E-state index in [1.165, 1.54) is 59.3 Å². The van der Waals surface area contributed by atoms with Gasteiger partial charge in [0.2, 0.25) is 0 Å². The number of hydrogen-bond donors (Lipinski definition) is 0. The average Bonchev–Trinajstić information content (AvgIpc) is 3.12. The maximum atomic E-state index is 2.46. The van der Waals surface area contributed by atoms with Crippen molar-refractivity contribution < 1.29 is 0 Å². The van der Waals surface area contributed by atoms with Crippen molar-refractivity contribution in [3.8, 4) is 0 Å². The molecule has 0 radical (unpaired) electrons. The summed E-state index contributed by atoms with van der Waals surface area (Å²) in [6.45, 7) is 6.82. The third-order valence-corrected chi connectivity index (χ3v) is 14.4. The molecule has 0 aliphatic heterocycles. The van der Waals surface area contributed by atoms with Crippen LogP contribution in [0.3, 0.4) is 0 Å². The second-order valence-corrected chi connectivity index (χ2v) is 26.2. The van der Waals surface area contributed by atoms with E-state index in [0.29, 0.717) is 0 Å². The van der Waals surface area contributed by atoms with E-state index in [-0.39, 0.29) is 5.41 Å². The van der Waals surface area contributed by atoms with Gasteiger partial charge in [-0.05, 0) is 35.2 Å². The second-order valence-electron chi connectivity index (χ2n) is 15.5. The Morgan fingerprint density at radius 1 is 0.400 bits per heavy atom. The van der Waals surface area contributed by atoms with Crippen molar-refractivity contribution in [2.45, 2.75) is 43.5 Å². The molecule has 8 rings (SSSR count). The molecule has 0 bridgehead atoms. The van der Waals surface area contributed by atoms with Crippen LogP contribution in [0.25, 0.3) is 32.3 Å². The van der Waals surface area contributed by atoms with E-state index in [9.17, 15) is 0 Å². The molecule has 0 aromatic heterocycles. The van der Waals surface area contributed by atoms with Crippen LogP contribution < -0.4 is 14.2 Å². The molecule has 0 spiro atoms. The molecule has 0 N–H and O–H groups in total. The van der Waals surface area contributed by atoms with E-state index < -0.39 is 13.3 Å². The molecule has 0 fully saturated rings. The number of nitrogens with zero attached hydrogens (tertiary/aromatic N) is 2. The molecule has 2 nitrogen and oxygen atoms in total. The topological polar surface area (TPSA) is 6.48 Å². The van der Waals surface area contributed by atoms with Gasteiger partial charge in [-0.25, -0.2) is 0 Å². The minimum absolute atomic E-state index is 0.0887. The van der Waals surface area contributed by atoms with Crippen LogP contribution in [-0.4, -0.2) is 13.3 Å². The monoisotopic (exact) mass is 710 g/mol. The Kier molecular flexibility index (Phi) is 7.96. The Labute approximate surface area is 299 Å². The Morgan fingerprint density at radius 2 is 0.780 bits per heavy atom. The summed E-state index contributed by atoms with van der Waals surface area (Å²) in [7, 11) is 0. The zero-order valence-electron chi connectivity index (χ0n) is 29.9. The van der Waals surface area contributed by atoms with Gasteiger partial charge in [-0.2, -0.15) is 0 Å². The molecule has 0 saturated heterocycles. The fourth-order valence-corrected chi connectivity index (χ4v) is 9.84. The summed E-state index contributed by atoms with van der Waals surface area (Å²) in [6.07, 6.45) is 0. The van der Waals surface area contributed by atoms with Gasteiger partial charge in [0.25, 0.3) is 0 Å². The Hall–Kier alpha value is -5.06. The maximum Gasteiger partial charge on any atom is -0.0377 e. The van der Waals surface area contributed by atoms with Crippen molar-refractivity contribution in [1.29, 1.82) is 0 Å². The number of anilines is 6. The van der Waals surface area contributed by atoms with Crippen molar-refractivity contribution in [2.75, 3.05) is 9.80 Å². The van der Waals surface area contributed by atoms with E-state index >= 15 is 0 Å². The third-order valence-electron chi connectivity index (χ3n) is 10.1. The van der Waals surface area contributed by atoms with Crippen LogP contribution in [0.5, 0.6) is 0 Å². The average molecular weight is 709 g/mol. The van der Waals surface area contributed by atoms with Gasteiger partial charge in [0, 0.05) is 11.4 Å². The van der Waals surface area contributed by atoms with Crippen LogP contribution in [0.2, 0.25) is 17.3 Å². The number of para-hydroxylation sites is 2. The molecule has 8 aromatic rings. The van der Waals surface area contributed by atoms with Crippen molar-refractivity contribution in [3.05, 3.63) is 163 Å². The molecular formula is C47H44GeN2. The summed E-state index contributed by atoms with van der Waals surface area (Å²) in [5, 5.41) is 7.61. The van der Waals surface area contributed by atoms with E-state index in [1.54, 1.807) is 0 Å². The summed E-state index contributed by atoms with van der Waals surface area (Å²) in [6, 6.07) is 58.5. The fraction of sp³-hybridized carbons (Fsp3) is 0.149. The van der Waals surface area contributed by atoms with E-state index in [0.717, 1.165) is 17.1 Å². The van der Waals surface area contributed by atoms with Crippen LogP contribution in [-0.2, 0) is 5.41 Å². The molecule has 50 heavy (non-hydrogen) atoms. The summed E-state index contributed by atoms with van der Waals surface area (Å²) in [4.78, 5) is 4.84. The van der Waals surface area contributed by atoms with Gasteiger partial charge >= 0.3 is 203 Å². The van der Waals surface area contributed by atoms with E-state index in [2.05, 4.69) is 206 Å². The molecule has 0 aliphatic rings. The van der Waals surface area contributed by atoms with Gasteiger partial charge in [0.1, 0.15) is 0 Å². The summed E-state index contributed by atoms with van der Waals surface area (Å²) in [5.41, 5.74) is 8.41. The molecule has 0 unspecified atom stereocenters. The van der Waals surface area contributed by atoms with Crippen LogP contribution in [0.15, 0.2) is 158 Å². The standard InChI is InChI=1S/C47H44GeN2/c1-47(2,3)35-21-25-39(26-22-35)49(37-13-9-7-10-14-37)43-31-19-33-18-30-42-44(32-20-34-17-29-41(43)45(33)46(34)42)50(38-15-11-8-12-16-38)40-27-23-36(24-28-40)48(4,5)6/h7-32H,1-6H3. The quantitative estimate of drug-likeness (QED) is 0.120. The first-order valence-corrected chi connectivity index (χ1v) is 25.0. The van der Waals surface area contributed by atoms with Gasteiger partial charge < -0.3 is 0 Å². The minimum Gasteiger partial charge on any atom is -0.0564 e. The normalized spacial score (nSPS) is 12.2. The van der Waals surface area contributed by atoms with Crippen LogP contribution in [0, 0.1) is 0 Å². The smallest absolute Gasteiger partial charge is 0.0377 e. The Balaban J connectivity index is 1.36. The predicted molar refractivity (Wildman–Crippen MR) is 221 cm³/mol. The Bertz CT molecular complexity index is 2240. The number of rotatable bonds is 7. The van der Waals surface area contributed by atoms with Crippen molar-refractivity contribution in [3.63, 3.8) is 0 Å². The fourth-order valence-electron chi connectivity index (χ4n) is 7.39. The van der Waals surface area contributed by atoms with Crippen LogP contribution >= 0.6 is 0 Å². The van der Waals surface area contributed by atoms with Crippen molar-refractivity contribution in [2.24, 2.45) is 0 Å². The first kappa shape index (κ1) is 32.2. The largest absolute Gasteiger partial charge is 0.0564 e. The molecule has 246 valence electrons. The maximum absolute atomic E-state index is 2.46. The van der Waals surface area contributed by atoms with Gasteiger partial charge in [-0.1, -0.05) is 51.1 Å². The third kappa shape index (κ3) is 5.72. The molecule has 0 saturated carbocycles. The molecule has 0 heterocycles. The molecule has 0 amide bonds. The first-order valence-electron chi connectivity index (χ1n) is 17.7. The van der Waals surface area contributed by atoms with Crippen molar-refractivity contribution >= 4 is 84.1 Å². The van der Waals surface area contributed by atoms with Crippen LogP contribution in [0.4, 0.5) is 34.1 Å². The molecular weight excluding hydrogens is 665 g/mol. The van der Waals surface area contributed by atoms with Crippen LogP contribution in [0.1, 0.15) is 26.3 Å². The van der Waals surface area contributed by atoms with Gasteiger partial charge in [0.15, 0.2) is 0 Å². The summed E-state index contributed by atoms with van der Waals surface area (Å²) < 4.78 is 1.51. The molecule has 8 aromatic carbocycles. The number of hydrogen-bond acceptors (Lipinski definition) is 2. The van der Waals surface area contributed by atoms with Gasteiger partial charge in [0.05, 0.1) is 0 Å². The second kappa shape index (κ2) is 12.4. The van der Waals surface area contributed by atoms with Crippen molar-refractivity contribution in [1.82, 2.24) is 0 Å². The summed E-state index contributed by atoms with van der Waals surface area (Å²) >= 11 is -1.97. The van der Waals surface area contributed by atoms with E-state index in [4.69, 9.17) is 0 Å². The zero-order valence-corrected chi connectivity index (χ0v) is 32.0. The first-order chi connectivity index (χ1) is 24.1. The minimum atomic E-state index is -1.97. The number of benzene rings is 8. The SMILES string of the molecule is CC(C)(C)c1ccc(N(c2ccccc2)c2ccc3ccc4c(N(c5ccccc5)c5cc[c]([Ge]([CH3])([CH3])[CH3])cc5)ccc5ccc2c3c54)cc1. The van der Waals surface area contributed by atoms with E-state index in [1.807, 2.05) is 0 Å². The molecule has 3 heteroatoms. The van der Waals surface area contributed by atoms with Gasteiger partial charge in [-0.3, -0.25) is 0 Å².